The summed E-state index contributed by atoms with van der Waals surface area (Å²) in [5.41, 5.74) is 6.91. The SMILES string of the molecule is CCCC1(CC)NC(N)C2CCN([C@@H]3O[C@H]([C@@H]4OCCc5c4ccc(F)c5F)[C@@H](O)[C@H]3O)C2N1. The summed E-state index contributed by atoms with van der Waals surface area (Å²) in [5.74, 6) is -1.68. The predicted molar refractivity (Wildman–Crippen MR) is 120 cm³/mol. The average molecular weight is 483 g/mol. The van der Waals surface area contributed by atoms with Crippen LogP contribution in [0.2, 0.25) is 0 Å². The van der Waals surface area contributed by atoms with E-state index in [1.165, 1.54) is 6.07 Å². The van der Waals surface area contributed by atoms with Gasteiger partial charge in [-0.25, -0.2) is 8.78 Å². The minimum Gasteiger partial charge on any atom is -0.387 e. The highest BCUT2D eigenvalue weighted by molar-refractivity contribution is 5.34. The molecule has 4 aliphatic rings. The summed E-state index contributed by atoms with van der Waals surface area (Å²) >= 11 is 0. The number of benzene rings is 1. The smallest absolute Gasteiger partial charge is 0.162 e. The number of aliphatic hydroxyl groups is 2. The average Bonchev–Trinajstić information content (AvgIpc) is 3.37. The molecule has 1 aromatic rings. The fourth-order valence-electron chi connectivity index (χ4n) is 6.38. The van der Waals surface area contributed by atoms with Gasteiger partial charge in [0.2, 0.25) is 0 Å². The summed E-state index contributed by atoms with van der Waals surface area (Å²) in [5, 5.41) is 29.3. The number of nitrogens with two attached hydrogens (primary N) is 1. The second-order valence-electron chi connectivity index (χ2n) is 10.1. The first-order valence-electron chi connectivity index (χ1n) is 12.5. The van der Waals surface area contributed by atoms with Crippen LogP contribution >= 0.6 is 0 Å². The molecule has 6 N–H and O–H groups in total. The van der Waals surface area contributed by atoms with Crippen LogP contribution in [0.15, 0.2) is 12.1 Å². The Balaban J connectivity index is 1.39. The van der Waals surface area contributed by atoms with Crippen molar-refractivity contribution in [1.82, 2.24) is 15.5 Å². The lowest BCUT2D eigenvalue weighted by atomic mass is 9.90. The van der Waals surface area contributed by atoms with Gasteiger partial charge in [-0.15, -0.1) is 0 Å². The van der Waals surface area contributed by atoms with E-state index in [4.69, 9.17) is 15.2 Å². The molecule has 1 aromatic carbocycles. The lowest BCUT2D eigenvalue weighted by Crippen LogP contribution is -2.75. The van der Waals surface area contributed by atoms with Crippen molar-refractivity contribution in [3.63, 3.8) is 0 Å². The van der Waals surface area contributed by atoms with Crippen LogP contribution in [0.4, 0.5) is 8.78 Å². The van der Waals surface area contributed by atoms with Crippen LogP contribution < -0.4 is 16.4 Å². The third kappa shape index (κ3) is 3.88. The Bertz CT molecular complexity index is 910. The van der Waals surface area contributed by atoms with Gasteiger partial charge in [-0.05, 0) is 42.9 Å². The van der Waals surface area contributed by atoms with Crippen molar-refractivity contribution in [1.29, 1.82) is 0 Å². The van der Waals surface area contributed by atoms with E-state index in [0.29, 0.717) is 12.1 Å². The maximum atomic E-state index is 14.4. The number of fused-ring (bicyclic) bond motifs is 2. The fraction of sp³-hybridized carbons (Fsp3) is 0.750. The highest BCUT2D eigenvalue weighted by atomic mass is 19.2. The van der Waals surface area contributed by atoms with Crippen molar-refractivity contribution in [2.45, 2.75) is 94.6 Å². The topological polar surface area (TPSA) is 112 Å². The third-order valence-corrected chi connectivity index (χ3v) is 8.18. The summed E-state index contributed by atoms with van der Waals surface area (Å²) in [6, 6.07) is 2.54. The zero-order chi connectivity index (χ0) is 24.2. The van der Waals surface area contributed by atoms with Gasteiger partial charge in [-0.2, -0.15) is 0 Å². The lowest BCUT2D eigenvalue weighted by Gasteiger charge is -2.50. The monoisotopic (exact) mass is 482 g/mol. The number of nitrogens with one attached hydrogen (secondary N) is 2. The fourth-order valence-corrected chi connectivity index (χ4v) is 6.38. The molecule has 8 nitrogen and oxygen atoms in total. The van der Waals surface area contributed by atoms with Crippen molar-refractivity contribution in [3.05, 3.63) is 34.9 Å². The van der Waals surface area contributed by atoms with Crippen LogP contribution in [0.25, 0.3) is 0 Å². The molecule has 0 aromatic heterocycles. The van der Waals surface area contributed by atoms with Crippen LogP contribution in [-0.2, 0) is 15.9 Å². The molecule has 34 heavy (non-hydrogen) atoms. The molecular weight excluding hydrogens is 446 g/mol. The van der Waals surface area contributed by atoms with E-state index in [-0.39, 0.29) is 42.5 Å². The molecule has 4 aliphatic heterocycles. The molecule has 0 amide bonds. The van der Waals surface area contributed by atoms with E-state index in [0.717, 1.165) is 31.7 Å². The Kier molecular flexibility index (Phi) is 6.71. The molecule has 3 saturated heterocycles. The number of hydrogen-bond acceptors (Lipinski definition) is 8. The molecule has 0 spiro atoms. The second kappa shape index (κ2) is 9.33. The molecule has 0 radical (unpaired) electrons. The first-order chi connectivity index (χ1) is 16.3. The predicted octanol–water partition coefficient (Wildman–Crippen LogP) is 1.06. The van der Waals surface area contributed by atoms with Crippen molar-refractivity contribution in [3.8, 4) is 0 Å². The first kappa shape index (κ1) is 24.5. The number of rotatable bonds is 5. The minimum absolute atomic E-state index is 0.118. The highest BCUT2D eigenvalue weighted by Gasteiger charge is 2.56. The maximum absolute atomic E-state index is 14.4. The van der Waals surface area contributed by atoms with Gasteiger partial charge in [-0.3, -0.25) is 15.5 Å². The molecule has 190 valence electrons. The Hall–Kier alpha value is -1.24. The molecular formula is C24H36F2N4O4. The van der Waals surface area contributed by atoms with Gasteiger partial charge in [0.1, 0.15) is 30.6 Å². The molecule has 9 atom stereocenters. The van der Waals surface area contributed by atoms with Crippen LogP contribution in [0, 0.1) is 17.6 Å². The first-order valence-corrected chi connectivity index (χ1v) is 12.5. The zero-order valence-electron chi connectivity index (χ0n) is 19.7. The van der Waals surface area contributed by atoms with Crippen LogP contribution in [0.3, 0.4) is 0 Å². The number of halogens is 2. The molecule has 5 rings (SSSR count). The van der Waals surface area contributed by atoms with Gasteiger partial charge in [0.25, 0.3) is 0 Å². The van der Waals surface area contributed by atoms with Crippen LogP contribution in [0.5, 0.6) is 0 Å². The normalized spacial score (nSPS) is 42.6. The van der Waals surface area contributed by atoms with Gasteiger partial charge >= 0.3 is 0 Å². The number of hydrogen-bond donors (Lipinski definition) is 5. The van der Waals surface area contributed by atoms with Crippen molar-refractivity contribution in [2.75, 3.05) is 13.2 Å². The van der Waals surface area contributed by atoms with Gasteiger partial charge in [0.15, 0.2) is 11.6 Å². The molecule has 3 fully saturated rings. The summed E-state index contributed by atoms with van der Waals surface area (Å²) in [6.45, 7) is 5.07. The van der Waals surface area contributed by atoms with Crippen LogP contribution in [0.1, 0.15) is 56.8 Å². The standard InChI is InChI=1S/C24H36F2N4O4/c1-3-9-24(4-2)28-21(27)14-7-10-30(22(14)29-24)23-18(32)17(31)20(34-23)19-13-5-6-15(25)16(26)12(13)8-11-33-19/h5-6,14,17-23,28-29,31-32H,3-4,7-11,27H2,1-2H3/t14?,17-,18+,19+,20-,21?,22?,23+,24?/m0/s1. The van der Waals surface area contributed by atoms with Gasteiger partial charge < -0.3 is 25.4 Å². The Morgan fingerprint density at radius 3 is 2.74 bits per heavy atom. The van der Waals surface area contributed by atoms with Gasteiger partial charge in [-0.1, -0.05) is 26.3 Å². The Labute approximate surface area is 198 Å². The molecule has 0 aliphatic carbocycles. The lowest BCUT2D eigenvalue weighted by molar-refractivity contribution is -0.146. The Morgan fingerprint density at radius 2 is 2.00 bits per heavy atom. The van der Waals surface area contributed by atoms with E-state index in [1.807, 2.05) is 4.90 Å². The molecule has 10 heteroatoms. The van der Waals surface area contributed by atoms with Crippen LogP contribution in [-0.4, -0.2) is 70.8 Å². The quantitative estimate of drug-likeness (QED) is 0.424. The van der Waals surface area contributed by atoms with Gasteiger partial charge in [0, 0.05) is 12.5 Å². The van der Waals surface area contributed by atoms with E-state index >= 15 is 0 Å². The van der Waals surface area contributed by atoms with E-state index in [1.54, 1.807) is 0 Å². The molecule has 4 heterocycles. The van der Waals surface area contributed by atoms with E-state index < -0.39 is 42.3 Å². The highest BCUT2D eigenvalue weighted by Crippen LogP contribution is 2.42. The largest absolute Gasteiger partial charge is 0.387 e. The molecule has 0 bridgehead atoms. The number of nitrogens with zero attached hydrogens (tertiary/aromatic N) is 1. The maximum Gasteiger partial charge on any atom is 0.162 e. The zero-order valence-corrected chi connectivity index (χ0v) is 19.7. The van der Waals surface area contributed by atoms with Gasteiger partial charge in [0.05, 0.1) is 24.6 Å². The van der Waals surface area contributed by atoms with Crippen molar-refractivity contribution in [2.24, 2.45) is 11.7 Å². The summed E-state index contributed by atoms with van der Waals surface area (Å²) in [7, 11) is 0. The number of likely N-dealkylation sites (tertiary alicyclic amines) is 1. The summed E-state index contributed by atoms with van der Waals surface area (Å²) < 4.78 is 40.3. The molecule has 0 saturated carbocycles. The van der Waals surface area contributed by atoms with Crippen molar-refractivity contribution < 1.29 is 28.5 Å². The molecule has 4 unspecified atom stereocenters. The second-order valence-corrected chi connectivity index (χ2v) is 10.1. The third-order valence-electron chi connectivity index (χ3n) is 8.18. The van der Waals surface area contributed by atoms with E-state index in [2.05, 4.69) is 24.5 Å². The number of ether oxygens (including phenoxy) is 2. The summed E-state index contributed by atoms with van der Waals surface area (Å²) in [6.07, 6.45) is -1.44. The minimum atomic E-state index is -1.24. The number of aliphatic hydroxyl groups excluding tert-OH is 2. The Morgan fingerprint density at radius 1 is 1.21 bits per heavy atom. The summed E-state index contributed by atoms with van der Waals surface area (Å²) in [4.78, 5) is 2.05. The van der Waals surface area contributed by atoms with E-state index in [9.17, 15) is 19.0 Å². The van der Waals surface area contributed by atoms with Crippen molar-refractivity contribution >= 4 is 0 Å².